The quantitative estimate of drug-likeness (QED) is 0.345. The van der Waals surface area contributed by atoms with E-state index in [1.54, 1.807) is 0 Å². The average molecular weight is 524 g/mol. The minimum absolute atomic E-state index is 0. The fourth-order valence-corrected chi connectivity index (χ4v) is 3.89. The van der Waals surface area contributed by atoms with Gasteiger partial charge in [0, 0.05) is 45.5 Å². The number of primary amides is 1. The van der Waals surface area contributed by atoms with Crippen LogP contribution in [-0.4, -0.2) is 55.5 Å². The molecule has 0 radical (unpaired) electrons. The summed E-state index contributed by atoms with van der Waals surface area (Å²) in [4.78, 5) is 25.3. The van der Waals surface area contributed by atoms with Crippen molar-refractivity contribution in [1.82, 2.24) is 15.2 Å². The number of fused-ring (bicyclic) bond motifs is 1. The third kappa shape index (κ3) is 6.20. The topological polar surface area (TPSA) is 86.8 Å². The number of para-hydroxylation sites is 1. The van der Waals surface area contributed by atoms with E-state index in [1.165, 1.54) is 0 Å². The molecule has 1 atom stereocenters. The number of rotatable bonds is 6. The number of aliphatic imine (C=N–C) groups is 1. The number of amides is 1. The second kappa shape index (κ2) is 11.3. The summed E-state index contributed by atoms with van der Waals surface area (Å²) in [5.41, 5.74) is 7.55. The lowest BCUT2D eigenvalue weighted by Crippen LogP contribution is -2.47. The smallest absolute Gasteiger partial charge is 0.217 e. The summed E-state index contributed by atoms with van der Waals surface area (Å²) in [6.07, 6.45) is 2.53. The zero-order valence-corrected chi connectivity index (χ0v) is 20.4. The molecule has 1 amide bonds. The Bertz CT molecular complexity index is 885. The van der Waals surface area contributed by atoms with Gasteiger partial charge in [-0.25, -0.2) is 9.98 Å². The second-order valence-corrected chi connectivity index (χ2v) is 7.85. The summed E-state index contributed by atoms with van der Waals surface area (Å²) >= 11 is 0. The summed E-state index contributed by atoms with van der Waals surface area (Å²) in [7, 11) is 4.00. The van der Waals surface area contributed by atoms with Crippen molar-refractivity contribution >= 4 is 52.6 Å². The first-order chi connectivity index (χ1) is 14.0. The van der Waals surface area contributed by atoms with Crippen LogP contribution in [0.15, 0.2) is 35.3 Å². The van der Waals surface area contributed by atoms with E-state index in [1.807, 2.05) is 37.2 Å². The van der Waals surface area contributed by atoms with Crippen molar-refractivity contribution in [2.45, 2.75) is 32.7 Å². The number of carbonyl (C=O) groups is 1. The van der Waals surface area contributed by atoms with Crippen LogP contribution in [0.4, 0.5) is 5.82 Å². The normalized spacial score (nSPS) is 16.8. The van der Waals surface area contributed by atoms with E-state index in [9.17, 15) is 4.79 Å². The van der Waals surface area contributed by atoms with Crippen molar-refractivity contribution in [3.05, 3.63) is 35.9 Å². The molecule has 0 saturated carbocycles. The van der Waals surface area contributed by atoms with Gasteiger partial charge in [0.15, 0.2) is 5.96 Å². The molecule has 1 aliphatic rings. The number of nitrogens with two attached hydrogens (primary N) is 1. The molecule has 30 heavy (non-hydrogen) atoms. The van der Waals surface area contributed by atoms with E-state index >= 15 is 0 Å². The maximum absolute atomic E-state index is 11.3. The van der Waals surface area contributed by atoms with Crippen LogP contribution in [0.2, 0.25) is 0 Å². The van der Waals surface area contributed by atoms with E-state index in [0.717, 1.165) is 60.7 Å². The molecule has 2 heterocycles. The summed E-state index contributed by atoms with van der Waals surface area (Å²) < 4.78 is 0. The highest BCUT2D eigenvalue weighted by Gasteiger charge is 2.23. The van der Waals surface area contributed by atoms with E-state index in [0.29, 0.717) is 18.9 Å². The van der Waals surface area contributed by atoms with Crippen LogP contribution in [-0.2, 0) is 11.3 Å². The first-order valence-corrected chi connectivity index (χ1v) is 10.4. The molecule has 1 aromatic carbocycles. The van der Waals surface area contributed by atoms with Crippen molar-refractivity contribution in [2.24, 2.45) is 16.6 Å². The van der Waals surface area contributed by atoms with Gasteiger partial charge in [-0.2, -0.15) is 0 Å². The Hall–Kier alpha value is -2.10. The Labute approximate surface area is 196 Å². The average Bonchev–Trinajstić information content (AvgIpc) is 2.70. The van der Waals surface area contributed by atoms with Crippen LogP contribution >= 0.6 is 24.0 Å². The maximum Gasteiger partial charge on any atom is 0.217 e. The predicted molar refractivity (Wildman–Crippen MR) is 134 cm³/mol. The van der Waals surface area contributed by atoms with Gasteiger partial charge in [-0.3, -0.25) is 4.79 Å². The number of pyridine rings is 1. The van der Waals surface area contributed by atoms with Crippen LogP contribution in [0.3, 0.4) is 0 Å². The van der Waals surface area contributed by atoms with Crippen LogP contribution < -0.4 is 16.0 Å². The summed E-state index contributed by atoms with van der Waals surface area (Å²) in [6, 6.07) is 10.3. The number of likely N-dealkylation sites (tertiary alicyclic amines) is 1. The van der Waals surface area contributed by atoms with Crippen molar-refractivity contribution in [2.75, 3.05) is 38.6 Å². The van der Waals surface area contributed by atoms with E-state index in [-0.39, 0.29) is 29.9 Å². The summed E-state index contributed by atoms with van der Waals surface area (Å²) in [6.45, 7) is 5.21. The molecule has 3 N–H and O–H groups in total. The molecule has 0 bridgehead atoms. The predicted octanol–water partition coefficient (Wildman–Crippen LogP) is 2.97. The third-order valence-electron chi connectivity index (χ3n) is 5.29. The van der Waals surface area contributed by atoms with Gasteiger partial charge < -0.3 is 20.9 Å². The number of guanidine groups is 1. The van der Waals surface area contributed by atoms with Crippen molar-refractivity contribution < 1.29 is 4.79 Å². The molecular weight excluding hydrogens is 491 g/mol. The highest BCUT2D eigenvalue weighted by Crippen LogP contribution is 2.23. The van der Waals surface area contributed by atoms with E-state index in [2.05, 4.69) is 29.3 Å². The number of nitrogens with one attached hydrogen (secondary N) is 1. The lowest BCUT2D eigenvalue weighted by molar-refractivity contribution is -0.119. The number of halogens is 1. The Kier molecular flexibility index (Phi) is 9.13. The highest BCUT2D eigenvalue weighted by molar-refractivity contribution is 14.0. The Balaban J connectivity index is 0.00000320. The molecule has 0 aliphatic carbocycles. The van der Waals surface area contributed by atoms with Crippen molar-refractivity contribution in [3.8, 4) is 0 Å². The standard InChI is InChI=1S/C22H32N6O.HI/c1-4-24-22(28-11-7-8-16(15-28)12-20(23)29)25-14-17-13-21(27(2)3)26-19-10-6-5-9-18(17)19;/h5-6,9-10,13,16H,4,7-8,11-12,14-15H2,1-3H3,(H2,23,29)(H,24,25);1H. The van der Waals surface area contributed by atoms with Crippen LogP contribution in [0.5, 0.6) is 0 Å². The first-order valence-electron chi connectivity index (χ1n) is 10.4. The van der Waals surface area contributed by atoms with Gasteiger partial charge in [-0.05, 0) is 43.4 Å². The van der Waals surface area contributed by atoms with Gasteiger partial charge >= 0.3 is 0 Å². The number of hydrogen-bond donors (Lipinski definition) is 2. The zero-order chi connectivity index (χ0) is 20.8. The minimum Gasteiger partial charge on any atom is -0.370 e. The molecule has 1 aromatic heterocycles. The molecule has 7 nitrogen and oxygen atoms in total. The molecule has 0 spiro atoms. The highest BCUT2D eigenvalue weighted by atomic mass is 127. The SMILES string of the molecule is CCNC(=NCc1cc(N(C)C)nc2ccccc12)N1CCCC(CC(N)=O)C1.I. The number of nitrogens with zero attached hydrogens (tertiary/aromatic N) is 4. The molecule has 164 valence electrons. The molecular formula is C22H33IN6O. The number of carbonyl (C=O) groups excluding carboxylic acids is 1. The van der Waals surface area contributed by atoms with Crippen LogP contribution in [0, 0.1) is 5.92 Å². The van der Waals surface area contributed by atoms with Gasteiger partial charge in [-0.1, -0.05) is 18.2 Å². The number of anilines is 1. The van der Waals surface area contributed by atoms with Crippen molar-refractivity contribution in [1.29, 1.82) is 0 Å². The Morgan fingerprint density at radius 3 is 2.83 bits per heavy atom. The second-order valence-electron chi connectivity index (χ2n) is 7.85. The first kappa shape index (κ1) is 24.2. The molecule has 1 saturated heterocycles. The lowest BCUT2D eigenvalue weighted by atomic mass is 9.95. The Morgan fingerprint density at radius 2 is 2.13 bits per heavy atom. The van der Waals surface area contributed by atoms with Gasteiger partial charge in [0.1, 0.15) is 5.82 Å². The number of benzene rings is 1. The van der Waals surface area contributed by atoms with Gasteiger partial charge in [0.05, 0.1) is 12.1 Å². The van der Waals surface area contributed by atoms with Crippen LogP contribution in [0.25, 0.3) is 10.9 Å². The summed E-state index contributed by atoms with van der Waals surface area (Å²) in [5.74, 6) is 1.90. The van der Waals surface area contributed by atoms with Crippen molar-refractivity contribution in [3.63, 3.8) is 0 Å². The zero-order valence-electron chi connectivity index (χ0n) is 18.1. The number of aromatic nitrogens is 1. The summed E-state index contributed by atoms with van der Waals surface area (Å²) in [5, 5.41) is 4.54. The fraction of sp³-hybridized carbons (Fsp3) is 0.500. The fourth-order valence-electron chi connectivity index (χ4n) is 3.89. The van der Waals surface area contributed by atoms with Gasteiger partial charge in [-0.15, -0.1) is 24.0 Å². The molecule has 8 heteroatoms. The third-order valence-corrected chi connectivity index (χ3v) is 5.29. The van der Waals surface area contributed by atoms with E-state index in [4.69, 9.17) is 15.7 Å². The van der Waals surface area contributed by atoms with Gasteiger partial charge in [0.25, 0.3) is 0 Å². The molecule has 1 aliphatic heterocycles. The number of hydrogen-bond acceptors (Lipinski definition) is 4. The number of piperidine rings is 1. The Morgan fingerprint density at radius 1 is 1.37 bits per heavy atom. The largest absolute Gasteiger partial charge is 0.370 e. The molecule has 1 fully saturated rings. The molecule has 3 rings (SSSR count). The molecule has 2 aromatic rings. The van der Waals surface area contributed by atoms with Gasteiger partial charge in [0.2, 0.25) is 5.91 Å². The maximum atomic E-state index is 11.3. The van der Waals surface area contributed by atoms with Crippen LogP contribution in [0.1, 0.15) is 31.7 Å². The lowest BCUT2D eigenvalue weighted by Gasteiger charge is -2.34. The minimum atomic E-state index is -0.224. The van der Waals surface area contributed by atoms with E-state index < -0.39 is 0 Å². The molecule has 1 unspecified atom stereocenters. The monoisotopic (exact) mass is 524 g/mol.